The number of aromatic nitrogens is 2. The van der Waals surface area contributed by atoms with Crippen molar-refractivity contribution in [1.82, 2.24) is 15.3 Å². The second-order valence-corrected chi connectivity index (χ2v) is 3.41. The molecule has 6 heteroatoms. The smallest absolute Gasteiger partial charge is 0.235 e. The van der Waals surface area contributed by atoms with Crippen LogP contribution in [-0.2, 0) is 11.3 Å². The number of nitrogens with one attached hydrogen (secondary N) is 1. The van der Waals surface area contributed by atoms with Crippen molar-refractivity contribution in [3.63, 3.8) is 0 Å². The Morgan fingerprint density at radius 3 is 2.69 bits per heavy atom. The Balaban J connectivity index is 2.46. The van der Waals surface area contributed by atoms with E-state index in [1.54, 1.807) is 12.4 Å². The molecule has 0 aliphatic carbocycles. The number of rotatable bonds is 3. The van der Waals surface area contributed by atoms with Crippen LogP contribution >= 0.6 is 27.5 Å². The lowest BCUT2D eigenvalue weighted by molar-refractivity contribution is -0.118. The fraction of sp³-hybridized carbons (Fsp3) is 0.286. The largest absolute Gasteiger partial charge is 0.348 e. The molecule has 0 aromatic carbocycles. The van der Waals surface area contributed by atoms with Crippen molar-refractivity contribution in [1.29, 1.82) is 0 Å². The van der Waals surface area contributed by atoms with Crippen molar-refractivity contribution < 1.29 is 4.79 Å². The van der Waals surface area contributed by atoms with Crippen molar-refractivity contribution in [3.05, 3.63) is 22.7 Å². The number of alkyl halides is 1. The number of hydrogen-bond acceptors (Lipinski definition) is 3. The molecule has 0 saturated heterocycles. The summed E-state index contributed by atoms with van der Waals surface area (Å²) in [6.45, 7) is 0.304. The van der Waals surface area contributed by atoms with Gasteiger partial charge in [-0.25, -0.2) is 9.97 Å². The van der Waals surface area contributed by atoms with Gasteiger partial charge in [-0.2, -0.15) is 0 Å². The molecule has 0 radical (unpaired) electrons. The summed E-state index contributed by atoms with van der Waals surface area (Å²) in [4.78, 5) is 18.7. The summed E-state index contributed by atoms with van der Waals surface area (Å²) < 4.78 is 0.805. The highest BCUT2D eigenvalue weighted by Gasteiger charge is 1.99. The molecule has 70 valence electrons. The van der Waals surface area contributed by atoms with Gasteiger partial charge < -0.3 is 5.32 Å². The van der Waals surface area contributed by atoms with Crippen LogP contribution in [0.3, 0.4) is 0 Å². The van der Waals surface area contributed by atoms with Gasteiger partial charge >= 0.3 is 0 Å². The molecule has 0 aliphatic heterocycles. The lowest BCUT2D eigenvalue weighted by Gasteiger charge is -2.00. The number of carbonyl (C=O) groups is 1. The number of nitrogens with zero attached hydrogens (tertiary/aromatic N) is 2. The molecule has 0 unspecified atom stereocenters. The Kier molecular flexibility index (Phi) is 4.11. The first-order chi connectivity index (χ1) is 6.22. The highest BCUT2D eigenvalue weighted by atomic mass is 79.9. The van der Waals surface area contributed by atoms with Gasteiger partial charge in [0.15, 0.2) is 0 Å². The van der Waals surface area contributed by atoms with E-state index in [0.29, 0.717) is 12.4 Å². The lowest BCUT2D eigenvalue weighted by atomic mass is 10.5. The van der Waals surface area contributed by atoms with E-state index in [9.17, 15) is 4.79 Å². The quantitative estimate of drug-likeness (QED) is 0.832. The van der Waals surface area contributed by atoms with Crippen molar-refractivity contribution in [2.24, 2.45) is 0 Å². The number of halogens is 2. The molecule has 1 rings (SSSR count). The molecule has 0 atom stereocenters. The van der Waals surface area contributed by atoms with Crippen molar-refractivity contribution >= 4 is 33.4 Å². The van der Waals surface area contributed by atoms with Crippen LogP contribution in [0, 0.1) is 0 Å². The van der Waals surface area contributed by atoms with E-state index in [1.165, 1.54) is 0 Å². The van der Waals surface area contributed by atoms with Crippen LogP contribution in [0.2, 0.25) is 0 Å². The Morgan fingerprint density at radius 2 is 2.15 bits per heavy atom. The maximum atomic E-state index is 10.7. The summed E-state index contributed by atoms with van der Waals surface area (Å²) in [7, 11) is 0. The lowest BCUT2D eigenvalue weighted by Crippen LogP contribution is -2.24. The summed E-state index contributed by atoms with van der Waals surface area (Å²) in [5, 5.41) is 2.56. The van der Waals surface area contributed by atoms with Crippen LogP contribution in [0.1, 0.15) is 5.82 Å². The zero-order chi connectivity index (χ0) is 9.68. The van der Waals surface area contributed by atoms with Crippen molar-refractivity contribution in [2.45, 2.75) is 6.54 Å². The molecular formula is C7H7BrClN3O. The summed E-state index contributed by atoms with van der Waals surface area (Å²) >= 11 is 8.49. The van der Waals surface area contributed by atoms with E-state index >= 15 is 0 Å². The first kappa shape index (κ1) is 10.4. The van der Waals surface area contributed by atoms with Gasteiger partial charge in [0.25, 0.3) is 0 Å². The van der Waals surface area contributed by atoms with Gasteiger partial charge in [-0.05, 0) is 15.9 Å². The number of hydrogen-bond donors (Lipinski definition) is 1. The molecule has 1 aromatic heterocycles. The minimum Gasteiger partial charge on any atom is -0.348 e. The van der Waals surface area contributed by atoms with Crippen molar-refractivity contribution in [2.75, 3.05) is 5.88 Å². The SMILES string of the molecule is O=C(CCl)NCc1ncc(Br)cn1. The van der Waals surface area contributed by atoms with Crippen molar-refractivity contribution in [3.8, 4) is 0 Å². The average molecular weight is 265 g/mol. The molecular weight excluding hydrogens is 257 g/mol. The molecule has 0 saturated carbocycles. The van der Waals surface area contributed by atoms with E-state index in [2.05, 4.69) is 31.2 Å². The molecule has 1 aromatic rings. The molecule has 0 bridgehead atoms. The molecule has 13 heavy (non-hydrogen) atoms. The van der Waals surface area contributed by atoms with Gasteiger partial charge in [0.1, 0.15) is 11.7 Å². The third-order valence-electron chi connectivity index (χ3n) is 1.24. The van der Waals surface area contributed by atoms with Gasteiger partial charge in [-0.1, -0.05) is 0 Å². The fourth-order valence-electron chi connectivity index (χ4n) is 0.655. The monoisotopic (exact) mass is 263 g/mol. The second kappa shape index (κ2) is 5.14. The summed E-state index contributed by atoms with van der Waals surface area (Å²) in [6, 6.07) is 0. The van der Waals surface area contributed by atoms with E-state index < -0.39 is 0 Å². The molecule has 1 N–H and O–H groups in total. The summed E-state index contributed by atoms with van der Waals surface area (Å²) in [6.07, 6.45) is 3.24. The standard InChI is InChI=1S/C7H7BrClN3O/c8-5-2-10-6(11-3-5)4-12-7(13)1-9/h2-3H,1,4H2,(H,12,13). The number of amides is 1. The van der Waals surface area contributed by atoms with Crippen LogP contribution in [-0.4, -0.2) is 21.8 Å². The van der Waals surface area contributed by atoms with Gasteiger partial charge in [0.2, 0.25) is 5.91 Å². The van der Waals surface area contributed by atoms with Crippen LogP contribution in [0.5, 0.6) is 0 Å². The van der Waals surface area contributed by atoms with Gasteiger partial charge in [0.05, 0.1) is 11.0 Å². The normalized spacial score (nSPS) is 9.69. The molecule has 0 aliphatic rings. The minimum atomic E-state index is -0.229. The summed E-state index contributed by atoms with van der Waals surface area (Å²) in [5.41, 5.74) is 0. The van der Waals surface area contributed by atoms with Crippen LogP contribution in [0.25, 0.3) is 0 Å². The van der Waals surface area contributed by atoms with Gasteiger partial charge in [-0.15, -0.1) is 11.6 Å². The van der Waals surface area contributed by atoms with E-state index in [-0.39, 0.29) is 11.8 Å². The fourth-order valence-corrected chi connectivity index (χ4v) is 0.954. The molecule has 0 fully saturated rings. The predicted molar refractivity (Wildman–Crippen MR) is 52.3 cm³/mol. The molecule has 1 heterocycles. The Morgan fingerprint density at radius 1 is 1.54 bits per heavy atom. The Labute approximate surface area is 88.8 Å². The second-order valence-electron chi connectivity index (χ2n) is 2.23. The van der Waals surface area contributed by atoms with Crippen LogP contribution in [0.15, 0.2) is 16.9 Å². The first-order valence-electron chi connectivity index (χ1n) is 3.51. The molecule has 4 nitrogen and oxygen atoms in total. The topological polar surface area (TPSA) is 54.9 Å². The number of carbonyl (C=O) groups excluding carboxylic acids is 1. The van der Waals surface area contributed by atoms with Crippen LogP contribution in [0.4, 0.5) is 0 Å². The van der Waals surface area contributed by atoms with E-state index in [4.69, 9.17) is 11.6 Å². The Bertz CT molecular complexity index is 290. The van der Waals surface area contributed by atoms with Gasteiger partial charge in [0, 0.05) is 12.4 Å². The maximum absolute atomic E-state index is 10.7. The maximum Gasteiger partial charge on any atom is 0.235 e. The third kappa shape index (κ3) is 3.69. The highest BCUT2D eigenvalue weighted by molar-refractivity contribution is 9.10. The average Bonchev–Trinajstić information content (AvgIpc) is 2.16. The first-order valence-corrected chi connectivity index (χ1v) is 4.84. The van der Waals surface area contributed by atoms with E-state index in [0.717, 1.165) is 4.47 Å². The minimum absolute atomic E-state index is 0.0451. The zero-order valence-electron chi connectivity index (χ0n) is 6.63. The third-order valence-corrected chi connectivity index (χ3v) is 1.89. The predicted octanol–water partition coefficient (Wildman–Crippen LogP) is 1.09. The Hall–Kier alpha value is -0.680. The zero-order valence-corrected chi connectivity index (χ0v) is 8.97. The van der Waals surface area contributed by atoms with Gasteiger partial charge in [-0.3, -0.25) is 4.79 Å². The highest BCUT2D eigenvalue weighted by Crippen LogP contribution is 2.03. The molecule has 0 spiro atoms. The van der Waals surface area contributed by atoms with E-state index in [1.807, 2.05) is 0 Å². The molecule has 1 amide bonds. The summed E-state index contributed by atoms with van der Waals surface area (Å²) in [5.74, 6) is 0.283. The van der Waals surface area contributed by atoms with Crippen LogP contribution < -0.4 is 5.32 Å².